The van der Waals surface area contributed by atoms with E-state index in [1.807, 2.05) is 0 Å². The molecule has 2 atom stereocenters. The van der Waals surface area contributed by atoms with Gasteiger partial charge < -0.3 is 0 Å². The van der Waals surface area contributed by atoms with E-state index in [1.165, 1.54) is 0 Å². The Balaban J connectivity index is 4.66. The first kappa shape index (κ1) is 15.0. The molecular formula is C10H21F2NOS. The summed E-state index contributed by atoms with van der Waals surface area (Å²) in [4.78, 5) is 0. The molecule has 0 bridgehead atoms. The van der Waals surface area contributed by atoms with Gasteiger partial charge in [-0.1, -0.05) is 20.8 Å². The summed E-state index contributed by atoms with van der Waals surface area (Å²) in [6.45, 7) is 10.4. The van der Waals surface area contributed by atoms with E-state index in [9.17, 15) is 13.0 Å². The molecule has 1 N–H and O–H groups in total. The molecule has 0 aliphatic rings. The highest BCUT2D eigenvalue weighted by Crippen LogP contribution is 2.25. The van der Waals surface area contributed by atoms with Crippen LogP contribution in [0.25, 0.3) is 0 Å². The van der Waals surface area contributed by atoms with Gasteiger partial charge in [-0.25, -0.2) is 17.7 Å². The molecular weight excluding hydrogens is 220 g/mol. The maximum atomic E-state index is 12.7. The Morgan fingerprint density at radius 1 is 1.07 bits per heavy atom. The lowest BCUT2D eigenvalue weighted by atomic mass is 9.88. The molecule has 0 rings (SSSR count). The molecule has 1 unspecified atom stereocenters. The fourth-order valence-corrected chi connectivity index (χ4v) is 1.94. The second kappa shape index (κ2) is 4.87. The zero-order valence-corrected chi connectivity index (χ0v) is 11.0. The molecule has 15 heavy (non-hydrogen) atoms. The Labute approximate surface area is 93.4 Å². The molecule has 0 amide bonds. The van der Waals surface area contributed by atoms with E-state index in [-0.39, 0.29) is 0 Å². The number of alkyl halides is 2. The molecule has 92 valence electrons. The highest BCUT2D eigenvalue weighted by atomic mass is 32.2. The summed E-state index contributed by atoms with van der Waals surface area (Å²) in [5.74, 6) is 0. The lowest BCUT2D eigenvalue weighted by molar-refractivity contribution is 0.0575. The standard InChI is InChI=1S/C10H21F2NOS/c1-9(2,3)7(8(11)12)13-15(14)10(4,5)6/h7-8,13H,1-6H3/t7-,15?/m1/s1. The van der Waals surface area contributed by atoms with Gasteiger partial charge in [0.2, 0.25) is 0 Å². The predicted octanol–water partition coefficient (Wildman–Crippen LogP) is 2.72. The topological polar surface area (TPSA) is 29.1 Å². The van der Waals surface area contributed by atoms with E-state index in [0.717, 1.165) is 0 Å². The van der Waals surface area contributed by atoms with Gasteiger partial charge in [-0.3, -0.25) is 0 Å². The summed E-state index contributed by atoms with van der Waals surface area (Å²) < 4.78 is 39.2. The SMILES string of the molecule is CC(C)(C)[C@H](NS(=O)C(C)(C)C)C(F)F. The molecule has 0 aromatic rings. The zero-order valence-electron chi connectivity index (χ0n) is 10.2. The number of hydrogen-bond acceptors (Lipinski definition) is 1. The highest BCUT2D eigenvalue weighted by molar-refractivity contribution is 7.84. The largest absolute Gasteiger partial charge is 0.255 e. The molecule has 0 aliphatic carbocycles. The van der Waals surface area contributed by atoms with Gasteiger partial charge in [-0.2, -0.15) is 0 Å². The summed E-state index contributed by atoms with van der Waals surface area (Å²) in [6.07, 6.45) is -2.52. The van der Waals surface area contributed by atoms with Crippen LogP contribution in [0.5, 0.6) is 0 Å². The van der Waals surface area contributed by atoms with Gasteiger partial charge in [0.25, 0.3) is 6.43 Å². The van der Waals surface area contributed by atoms with Crippen LogP contribution >= 0.6 is 0 Å². The second-order valence-corrected chi connectivity index (χ2v) is 7.68. The van der Waals surface area contributed by atoms with E-state index >= 15 is 0 Å². The van der Waals surface area contributed by atoms with Crippen molar-refractivity contribution in [3.05, 3.63) is 0 Å². The number of halogens is 2. The lowest BCUT2D eigenvalue weighted by Gasteiger charge is -2.32. The first-order chi connectivity index (χ1) is 6.46. The van der Waals surface area contributed by atoms with E-state index in [2.05, 4.69) is 4.72 Å². The Hall–Kier alpha value is -0.0300. The summed E-state index contributed by atoms with van der Waals surface area (Å²) in [7, 11) is -1.46. The Morgan fingerprint density at radius 3 is 1.67 bits per heavy atom. The van der Waals surface area contributed by atoms with Crippen molar-refractivity contribution in [3.8, 4) is 0 Å². The van der Waals surface area contributed by atoms with Crippen LogP contribution in [-0.2, 0) is 11.0 Å². The van der Waals surface area contributed by atoms with Gasteiger partial charge in [-0.15, -0.1) is 0 Å². The molecule has 0 saturated carbocycles. The minimum absolute atomic E-state index is 0.529. The molecule has 5 heteroatoms. The predicted molar refractivity (Wildman–Crippen MR) is 60.3 cm³/mol. The average molecular weight is 241 g/mol. The summed E-state index contributed by atoms with van der Waals surface area (Å²) >= 11 is 0. The van der Waals surface area contributed by atoms with Crippen LogP contribution in [0, 0.1) is 5.41 Å². The molecule has 0 heterocycles. The molecule has 0 aromatic carbocycles. The molecule has 0 saturated heterocycles. The van der Waals surface area contributed by atoms with Crippen LogP contribution < -0.4 is 4.72 Å². The monoisotopic (exact) mass is 241 g/mol. The third kappa shape index (κ3) is 5.02. The molecule has 0 aliphatic heterocycles. The van der Waals surface area contributed by atoms with E-state index < -0.39 is 33.6 Å². The van der Waals surface area contributed by atoms with Gasteiger partial charge in [0.1, 0.15) is 0 Å². The number of rotatable bonds is 3. The fraction of sp³-hybridized carbons (Fsp3) is 1.00. The zero-order chi connectivity index (χ0) is 12.4. The van der Waals surface area contributed by atoms with Crippen molar-refractivity contribution in [3.63, 3.8) is 0 Å². The Kier molecular flexibility index (Phi) is 4.86. The maximum Gasteiger partial charge on any atom is 0.255 e. The van der Waals surface area contributed by atoms with Gasteiger partial charge in [0.15, 0.2) is 0 Å². The van der Waals surface area contributed by atoms with Crippen molar-refractivity contribution in [2.24, 2.45) is 5.41 Å². The third-order valence-electron chi connectivity index (χ3n) is 1.98. The van der Waals surface area contributed by atoms with E-state index in [4.69, 9.17) is 0 Å². The summed E-state index contributed by atoms with van der Waals surface area (Å²) in [5.41, 5.74) is -0.616. The molecule has 0 fully saturated rings. The van der Waals surface area contributed by atoms with E-state index in [0.29, 0.717) is 0 Å². The average Bonchev–Trinajstić information content (AvgIpc) is 1.94. The van der Waals surface area contributed by atoms with Crippen LogP contribution in [0.15, 0.2) is 0 Å². The van der Waals surface area contributed by atoms with Gasteiger partial charge in [-0.05, 0) is 26.2 Å². The Bertz CT molecular complexity index is 231. The minimum atomic E-state index is -2.52. The highest BCUT2D eigenvalue weighted by Gasteiger charge is 2.35. The third-order valence-corrected chi connectivity index (χ3v) is 3.56. The van der Waals surface area contributed by atoms with Crippen molar-refractivity contribution in [1.29, 1.82) is 0 Å². The van der Waals surface area contributed by atoms with Crippen molar-refractivity contribution >= 4 is 11.0 Å². The first-order valence-corrected chi connectivity index (χ1v) is 6.07. The minimum Gasteiger partial charge on any atom is -0.242 e. The molecule has 0 radical (unpaired) electrons. The van der Waals surface area contributed by atoms with Crippen LogP contribution in [0.1, 0.15) is 41.5 Å². The van der Waals surface area contributed by atoms with Gasteiger partial charge in [0.05, 0.1) is 21.8 Å². The molecule has 0 spiro atoms. The number of hydrogen-bond donors (Lipinski definition) is 1. The fourth-order valence-electron chi connectivity index (χ4n) is 0.898. The number of nitrogens with one attached hydrogen (secondary N) is 1. The van der Waals surface area contributed by atoms with Crippen LogP contribution in [0.4, 0.5) is 8.78 Å². The lowest BCUT2D eigenvalue weighted by Crippen LogP contribution is -2.50. The van der Waals surface area contributed by atoms with Crippen LogP contribution in [0.2, 0.25) is 0 Å². The second-order valence-electron chi connectivity index (χ2n) is 5.68. The van der Waals surface area contributed by atoms with Crippen LogP contribution in [-0.4, -0.2) is 21.4 Å². The van der Waals surface area contributed by atoms with Crippen molar-refractivity contribution in [2.45, 2.75) is 58.8 Å². The smallest absolute Gasteiger partial charge is 0.242 e. The summed E-state index contributed by atoms with van der Waals surface area (Å²) in [5, 5.41) is 0. The van der Waals surface area contributed by atoms with Crippen molar-refractivity contribution in [1.82, 2.24) is 4.72 Å². The van der Waals surface area contributed by atoms with Crippen molar-refractivity contribution in [2.75, 3.05) is 0 Å². The quantitative estimate of drug-likeness (QED) is 0.808. The maximum absolute atomic E-state index is 12.7. The van der Waals surface area contributed by atoms with Gasteiger partial charge in [0, 0.05) is 0 Å². The van der Waals surface area contributed by atoms with Gasteiger partial charge >= 0.3 is 0 Å². The molecule has 2 nitrogen and oxygen atoms in total. The van der Waals surface area contributed by atoms with Crippen molar-refractivity contribution < 1.29 is 13.0 Å². The van der Waals surface area contributed by atoms with Crippen LogP contribution in [0.3, 0.4) is 0 Å². The van der Waals surface area contributed by atoms with E-state index in [1.54, 1.807) is 41.5 Å². The summed E-state index contributed by atoms with van der Waals surface area (Å²) in [6, 6.07) is -1.06. The molecule has 0 aromatic heterocycles. The Morgan fingerprint density at radius 2 is 1.47 bits per heavy atom. The first-order valence-electron chi connectivity index (χ1n) is 4.92. The normalized spacial score (nSPS) is 17.9.